The summed E-state index contributed by atoms with van der Waals surface area (Å²) in [7, 11) is 0. The Labute approximate surface area is 111 Å². The Morgan fingerprint density at radius 3 is 3.17 bits per heavy atom. The lowest BCUT2D eigenvalue weighted by atomic mass is 10.1. The molecular weight excluding hydrogens is 248 g/mol. The van der Waals surface area contributed by atoms with Gasteiger partial charge in [-0.05, 0) is 25.5 Å². The zero-order valence-electron chi connectivity index (χ0n) is 10.2. The van der Waals surface area contributed by atoms with Crippen LogP contribution in [0, 0.1) is 11.8 Å². The number of ether oxygens (including phenoxy) is 1. The molecule has 0 radical (unpaired) electrons. The van der Waals surface area contributed by atoms with Crippen molar-refractivity contribution in [2.24, 2.45) is 5.73 Å². The van der Waals surface area contributed by atoms with Gasteiger partial charge in [-0.1, -0.05) is 11.8 Å². The molecule has 1 saturated heterocycles. The Balaban J connectivity index is 1.98. The van der Waals surface area contributed by atoms with Gasteiger partial charge in [0.2, 0.25) is 0 Å². The van der Waals surface area contributed by atoms with Gasteiger partial charge in [-0.3, -0.25) is 4.79 Å². The largest absolute Gasteiger partial charge is 0.376 e. The van der Waals surface area contributed by atoms with Gasteiger partial charge in [0.15, 0.2) is 0 Å². The molecule has 0 spiro atoms. The molecule has 1 aromatic rings. The second-order valence-electron chi connectivity index (χ2n) is 4.11. The summed E-state index contributed by atoms with van der Waals surface area (Å²) in [6.07, 6.45) is 0.961. The molecule has 1 aliphatic heterocycles. The molecule has 1 fully saturated rings. The van der Waals surface area contributed by atoms with Crippen LogP contribution in [0.3, 0.4) is 0 Å². The van der Waals surface area contributed by atoms with Gasteiger partial charge < -0.3 is 15.8 Å². The van der Waals surface area contributed by atoms with Gasteiger partial charge in [-0.15, -0.1) is 11.3 Å². The van der Waals surface area contributed by atoms with Crippen LogP contribution in [0.1, 0.15) is 27.9 Å². The molecule has 2 rings (SSSR count). The first-order chi connectivity index (χ1) is 8.70. The number of amides is 1. The summed E-state index contributed by atoms with van der Waals surface area (Å²) >= 11 is 1.38. The zero-order chi connectivity index (χ0) is 13.0. The predicted octanol–water partition coefficient (Wildman–Crippen LogP) is 0.966. The van der Waals surface area contributed by atoms with E-state index in [1.807, 2.05) is 13.0 Å². The van der Waals surface area contributed by atoms with Crippen molar-refractivity contribution in [2.45, 2.75) is 25.5 Å². The number of nitrogens with two attached hydrogens (primary N) is 1. The first-order valence-electron chi connectivity index (χ1n) is 5.92. The van der Waals surface area contributed by atoms with Crippen LogP contribution in [0.2, 0.25) is 0 Å². The van der Waals surface area contributed by atoms with Gasteiger partial charge >= 0.3 is 0 Å². The van der Waals surface area contributed by atoms with E-state index in [9.17, 15) is 4.79 Å². The third kappa shape index (κ3) is 3.10. The Morgan fingerprint density at radius 1 is 1.67 bits per heavy atom. The van der Waals surface area contributed by atoms with E-state index in [1.54, 1.807) is 6.07 Å². The molecule has 18 heavy (non-hydrogen) atoms. The molecule has 2 heterocycles. The third-order valence-corrected chi connectivity index (χ3v) is 3.84. The maximum absolute atomic E-state index is 12.0. The van der Waals surface area contributed by atoms with Crippen LogP contribution in [-0.2, 0) is 4.74 Å². The highest BCUT2D eigenvalue weighted by Gasteiger charge is 2.26. The van der Waals surface area contributed by atoms with Crippen LogP contribution < -0.4 is 11.1 Å². The standard InChI is InChI=1S/C13H16N2O2S/c1-9-11(6-8-17-9)15-13(16)12-5-4-10(18-12)3-2-7-14/h4-5,9,11H,6-8,14H2,1H3,(H,15,16). The highest BCUT2D eigenvalue weighted by atomic mass is 32.1. The summed E-state index contributed by atoms with van der Waals surface area (Å²) in [6.45, 7) is 3.02. The van der Waals surface area contributed by atoms with Gasteiger partial charge in [0.25, 0.3) is 5.91 Å². The lowest BCUT2D eigenvalue weighted by Crippen LogP contribution is -2.38. The normalized spacial score (nSPS) is 22.3. The van der Waals surface area contributed by atoms with Crippen molar-refractivity contribution in [1.29, 1.82) is 0 Å². The van der Waals surface area contributed by atoms with E-state index in [0.717, 1.165) is 11.3 Å². The molecule has 3 N–H and O–H groups in total. The minimum Gasteiger partial charge on any atom is -0.376 e. The topological polar surface area (TPSA) is 64.3 Å². The molecule has 0 saturated carbocycles. The van der Waals surface area contributed by atoms with Crippen molar-refractivity contribution < 1.29 is 9.53 Å². The highest BCUT2D eigenvalue weighted by Crippen LogP contribution is 2.17. The van der Waals surface area contributed by atoms with E-state index >= 15 is 0 Å². The molecule has 2 atom stereocenters. The van der Waals surface area contributed by atoms with E-state index in [-0.39, 0.29) is 18.1 Å². The lowest BCUT2D eigenvalue weighted by molar-refractivity contribution is 0.0869. The summed E-state index contributed by atoms with van der Waals surface area (Å²) in [5.74, 6) is 5.64. The Kier molecular flexibility index (Phi) is 4.37. The Morgan fingerprint density at radius 2 is 2.50 bits per heavy atom. The fourth-order valence-electron chi connectivity index (χ4n) is 1.83. The van der Waals surface area contributed by atoms with E-state index in [2.05, 4.69) is 17.2 Å². The molecule has 1 aliphatic rings. The SMILES string of the molecule is CC1OCCC1NC(=O)c1ccc(C#CCN)s1. The van der Waals surface area contributed by atoms with E-state index < -0.39 is 0 Å². The monoisotopic (exact) mass is 264 g/mol. The van der Waals surface area contributed by atoms with Gasteiger partial charge in [-0.25, -0.2) is 0 Å². The molecule has 96 valence electrons. The average molecular weight is 264 g/mol. The molecule has 1 amide bonds. The number of thiophene rings is 1. The van der Waals surface area contributed by atoms with Crippen molar-refractivity contribution in [1.82, 2.24) is 5.32 Å². The van der Waals surface area contributed by atoms with Gasteiger partial charge in [0.05, 0.1) is 28.4 Å². The number of carbonyl (C=O) groups excluding carboxylic acids is 1. The third-order valence-electron chi connectivity index (χ3n) is 2.84. The summed E-state index contributed by atoms with van der Waals surface area (Å²) in [4.78, 5) is 13.5. The number of carbonyl (C=O) groups is 1. The Hall–Kier alpha value is -1.35. The molecule has 2 unspecified atom stereocenters. The minimum atomic E-state index is -0.0526. The fourth-order valence-corrected chi connectivity index (χ4v) is 2.61. The molecule has 5 heteroatoms. The Bertz CT molecular complexity index is 487. The van der Waals surface area contributed by atoms with Crippen LogP contribution in [0.25, 0.3) is 0 Å². The fraction of sp³-hybridized carbons (Fsp3) is 0.462. The molecule has 0 aromatic carbocycles. The molecule has 4 nitrogen and oxygen atoms in total. The van der Waals surface area contributed by atoms with E-state index in [0.29, 0.717) is 18.0 Å². The van der Waals surface area contributed by atoms with Crippen molar-refractivity contribution in [3.05, 3.63) is 21.9 Å². The molecule has 0 aliphatic carbocycles. The van der Waals surface area contributed by atoms with Crippen LogP contribution >= 0.6 is 11.3 Å². The smallest absolute Gasteiger partial charge is 0.261 e. The van der Waals surface area contributed by atoms with Crippen LogP contribution in [-0.4, -0.2) is 31.2 Å². The second kappa shape index (κ2) is 6.01. The maximum Gasteiger partial charge on any atom is 0.261 e. The van der Waals surface area contributed by atoms with Crippen molar-refractivity contribution in [3.63, 3.8) is 0 Å². The van der Waals surface area contributed by atoms with Gasteiger partial charge in [0.1, 0.15) is 0 Å². The quantitative estimate of drug-likeness (QED) is 0.782. The molecular formula is C13H16N2O2S. The summed E-state index contributed by atoms with van der Waals surface area (Å²) in [6, 6.07) is 3.75. The van der Waals surface area contributed by atoms with Crippen LogP contribution in [0.4, 0.5) is 0 Å². The van der Waals surface area contributed by atoms with Crippen molar-refractivity contribution in [3.8, 4) is 11.8 Å². The first-order valence-corrected chi connectivity index (χ1v) is 6.73. The van der Waals surface area contributed by atoms with Gasteiger partial charge in [-0.2, -0.15) is 0 Å². The van der Waals surface area contributed by atoms with E-state index in [1.165, 1.54) is 11.3 Å². The van der Waals surface area contributed by atoms with Gasteiger partial charge in [0, 0.05) is 6.61 Å². The van der Waals surface area contributed by atoms with Crippen molar-refractivity contribution >= 4 is 17.2 Å². The number of rotatable bonds is 2. The first kappa shape index (κ1) is 13.1. The molecule has 0 bridgehead atoms. The number of nitrogens with one attached hydrogen (secondary N) is 1. The minimum absolute atomic E-state index is 0.0526. The predicted molar refractivity (Wildman–Crippen MR) is 71.5 cm³/mol. The highest BCUT2D eigenvalue weighted by molar-refractivity contribution is 7.14. The number of hydrogen-bond acceptors (Lipinski definition) is 4. The van der Waals surface area contributed by atoms with Crippen LogP contribution in [0.5, 0.6) is 0 Å². The summed E-state index contributed by atoms with van der Waals surface area (Å²) in [5, 5.41) is 2.99. The summed E-state index contributed by atoms with van der Waals surface area (Å²) in [5.41, 5.74) is 5.30. The molecule has 1 aromatic heterocycles. The zero-order valence-corrected chi connectivity index (χ0v) is 11.0. The lowest BCUT2D eigenvalue weighted by Gasteiger charge is -2.15. The second-order valence-corrected chi connectivity index (χ2v) is 5.20. The maximum atomic E-state index is 12.0. The van der Waals surface area contributed by atoms with E-state index in [4.69, 9.17) is 10.5 Å². The van der Waals surface area contributed by atoms with Crippen LogP contribution in [0.15, 0.2) is 12.1 Å². The van der Waals surface area contributed by atoms with Crippen molar-refractivity contribution in [2.75, 3.05) is 13.2 Å². The average Bonchev–Trinajstić information content (AvgIpc) is 2.97. The summed E-state index contributed by atoms with van der Waals surface area (Å²) < 4.78 is 5.41. The number of hydrogen-bond donors (Lipinski definition) is 2.